The molecule has 2 N–H and O–H groups in total. The van der Waals surface area contributed by atoms with Crippen LogP contribution in [0.25, 0.3) is 0 Å². The second kappa shape index (κ2) is 4.06. The van der Waals surface area contributed by atoms with Gasteiger partial charge in [0, 0.05) is 12.1 Å². The molecule has 0 atom stereocenters. The molecule has 1 aromatic rings. The van der Waals surface area contributed by atoms with Gasteiger partial charge in [0.25, 0.3) is 6.43 Å². The molecule has 0 aliphatic carbocycles. The smallest absolute Gasteiger partial charge is 0.266 e. The first-order valence-corrected chi connectivity index (χ1v) is 4.18. The molecule has 0 aliphatic rings. The van der Waals surface area contributed by atoms with Crippen LogP contribution in [0.2, 0.25) is 0 Å². The third-order valence-corrected chi connectivity index (χ3v) is 2.12. The molecular formula is C7H6BrF3N2. The van der Waals surface area contributed by atoms with Gasteiger partial charge < -0.3 is 5.73 Å². The molecule has 1 heterocycles. The van der Waals surface area contributed by atoms with E-state index in [4.69, 9.17) is 5.73 Å². The van der Waals surface area contributed by atoms with E-state index in [0.29, 0.717) is 0 Å². The van der Waals surface area contributed by atoms with E-state index >= 15 is 0 Å². The van der Waals surface area contributed by atoms with Crippen LogP contribution in [0.3, 0.4) is 0 Å². The molecule has 0 fully saturated rings. The first-order valence-electron chi connectivity index (χ1n) is 3.39. The fourth-order valence-corrected chi connectivity index (χ4v) is 1.27. The Balaban J connectivity index is 3.22. The lowest BCUT2D eigenvalue weighted by Gasteiger charge is -2.05. The van der Waals surface area contributed by atoms with Gasteiger partial charge >= 0.3 is 0 Å². The van der Waals surface area contributed by atoms with E-state index in [1.807, 2.05) is 0 Å². The number of hydrogen-bond acceptors (Lipinski definition) is 2. The maximum absolute atomic E-state index is 12.8. The van der Waals surface area contributed by atoms with E-state index in [9.17, 15) is 13.2 Å². The van der Waals surface area contributed by atoms with Gasteiger partial charge in [-0.15, -0.1) is 0 Å². The summed E-state index contributed by atoms with van der Waals surface area (Å²) in [6.45, 7) is -0.147. The third kappa shape index (κ3) is 2.19. The van der Waals surface area contributed by atoms with Gasteiger partial charge in [0.1, 0.15) is 4.60 Å². The molecule has 0 aromatic carbocycles. The third-order valence-electron chi connectivity index (χ3n) is 1.48. The van der Waals surface area contributed by atoms with Gasteiger partial charge in [-0.1, -0.05) is 0 Å². The highest BCUT2D eigenvalue weighted by molar-refractivity contribution is 9.10. The summed E-state index contributed by atoms with van der Waals surface area (Å²) in [7, 11) is 0. The lowest BCUT2D eigenvalue weighted by molar-refractivity contribution is 0.149. The summed E-state index contributed by atoms with van der Waals surface area (Å²) in [5, 5.41) is 0. The van der Waals surface area contributed by atoms with E-state index in [-0.39, 0.29) is 22.3 Å². The fraction of sp³-hybridized carbons (Fsp3) is 0.286. The summed E-state index contributed by atoms with van der Waals surface area (Å²) >= 11 is 2.74. The first kappa shape index (κ1) is 10.5. The largest absolute Gasteiger partial charge is 0.326 e. The predicted molar refractivity (Wildman–Crippen MR) is 44.7 cm³/mol. The molecule has 0 bridgehead atoms. The van der Waals surface area contributed by atoms with Crippen LogP contribution in [0, 0.1) is 5.95 Å². The van der Waals surface area contributed by atoms with Gasteiger partial charge in [-0.05, 0) is 22.0 Å². The summed E-state index contributed by atoms with van der Waals surface area (Å²) in [4.78, 5) is 3.26. The number of pyridine rings is 1. The number of alkyl halides is 2. The number of nitrogens with two attached hydrogens (primary N) is 1. The zero-order valence-electron chi connectivity index (χ0n) is 6.40. The maximum atomic E-state index is 12.8. The Labute approximate surface area is 81.1 Å². The van der Waals surface area contributed by atoms with Gasteiger partial charge in [-0.2, -0.15) is 4.39 Å². The standard InChI is InChI=1S/C7H6BrF3N2/c8-5-4(6(9)10)1-3(2-12)7(11)13-5/h1,6H,2,12H2. The monoisotopic (exact) mass is 254 g/mol. The minimum absolute atomic E-state index is 0.0153. The molecule has 0 amide bonds. The van der Waals surface area contributed by atoms with Gasteiger partial charge in [0.15, 0.2) is 0 Å². The zero-order valence-corrected chi connectivity index (χ0v) is 7.98. The fourth-order valence-electron chi connectivity index (χ4n) is 0.826. The van der Waals surface area contributed by atoms with Crippen molar-refractivity contribution in [2.45, 2.75) is 13.0 Å². The van der Waals surface area contributed by atoms with Crippen molar-refractivity contribution < 1.29 is 13.2 Å². The highest BCUT2D eigenvalue weighted by Crippen LogP contribution is 2.27. The quantitative estimate of drug-likeness (QED) is 0.824. The van der Waals surface area contributed by atoms with Crippen LogP contribution in [0.15, 0.2) is 10.7 Å². The summed E-state index contributed by atoms with van der Waals surface area (Å²) in [5.41, 5.74) is 4.77. The van der Waals surface area contributed by atoms with E-state index in [0.717, 1.165) is 6.07 Å². The molecule has 2 nitrogen and oxygen atoms in total. The van der Waals surface area contributed by atoms with Crippen molar-refractivity contribution in [3.63, 3.8) is 0 Å². The van der Waals surface area contributed by atoms with E-state index < -0.39 is 12.4 Å². The highest BCUT2D eigenvalue weighted by atomic mass is 79.9. The number of nitrogens with zero attached hydrogens (tertiary/aromatic N) is 1. The van der Waals surface area contributed by atoms with Crippen LogP contribution in [0.5, 0.6) is 0 Å². The molecule has 0 aliphatic heterocycles. The van der Waals surface area contributed by atoms with Crippen molar-refractivity contribution in [1.29, 1.82) is 0 Å². The summed E-state index contributed by atoms with van der Waals surface area (Å²) in [6.07, 6.45) is -2.69. The Kier molecular flexibility index (Phi) is 3.27. The Morgan fingerprint density at radius 2 is 2.15 bits per heavy atom. The van der Waals surface area contributed by atoms with Gasteiger partial charge in [0.05, 0.1) is 5.56 Å². The van der Waals surface area contributed by atoms with Crippen molar-refractivity contribution in [1.82, 2.24) is 4.98 Å². The topological polar surface area (TPSA) is 38.9 Å². The van der Waals surface area contributed by atoms with Crippen LogP contribution < -0.4 is 5.73 Å². The van der Waals surface area contributed by atoms with Crippen molar-refractivity contribution in [3.8, 4) is 0 Å². The van der Waals surface area contributed by atoms with Gasteiger partial charge in [-0.25, -0.2) is 13.8 Å². The average Bonchev–Trinajstić information content (AvgIpc) is 2.03. The number of rotatable bonds is 2. The molecule has 13 heavy (non-hydrogen) atoms. The summed E-state index contributed by atoms with van der Waals surface area (Å²) < 4.78 is 37.1. The Morgan fingerprint density at radius 1 is 1.54 bits per heavy atom. The maximum Gasteiger partial charge on any atom is 0.266 e. The lowest BCUT2D eigenvalue weighted by Crippen LogP contribution is -2.04. The van der Waals surface area contributed by atoms with Crippen molar-refractivity contribution >= 4 is 15.9 Å². The van der Waals surface area contributed by atoms with Crippen LogP contribution in [-0.4, -0.2) is 4.98 Å². The molecule has 6 heteroatoms. The predicted octanol–water partition coefficient (Wildman–Crippen LogP) is 2.38. The Morgan fingerprint density at radius 3 is 2.62 bits per heavy atom. The summed E-state index contributed by atoms with van der Waals surface area (Å²) in [5.74, 6) is -0.821. The van der Waals surface area contributed by atoms with Crippen LogP contribution >= 0.6 is 15.9 Å². The molecule has 0 saturated heterocycles. The van der Waals surface area contributed by atoms with Crippen LogP contribution in [0.4, 0.5) is 13.2 Å². The van der Waals surface area contributed by atoms with Crippen LogP contribution in [-0.2, 0) is 6.54 Å². The van der Waals surface area contributed by atoms with Crippen molar-refractivity contribution in [2.75, 3.05) is 0 Å². The Hall–Kier alpha value is -0.620. The minimum atomic E-state index is -2.69. The minimum Gasteiger partial charge on any atom is -0.326 e. The van der Waals surface area contributed by atoms with Crippen molar-refractivity contribution in [3.05, 3.63) is 27.7 Å². The molecule has 0 unspecified atom stereocenters. The lowest BCUT2D eigenvalue weighted by atomic mass is 10.2. The molecular weight excluding hydrogens is 249 g/mol. The Bertz CT molecular complexity index is 317. The number of halogens is 4. The molecule has 0 spiro atoms. The average molecular weight is 255 g/mol. The van der Waals surface area contributed by atoms with Gasteiger partial charge in [-0.3, -0.25) is 0 Å². The zero-order chi connectivity index (χ0) is 10.0. The number of hydrogen-bond donors (Lipinski definition) is 1. The molecule has 1 aromatic heterocycles. The SMILES string of the molecule is NCc1cc(C(F)F)c(Br)nc1F. The molecule has 0 radical (unpaired) electrons. The highest BCUT2D eigenvalue weighted by Gasteiger charge is 2.16. The van der Waals surface area contributed by atoms with E-state index in [1.165, 1.54) is 0 Å². The summed E-state index contributed by atoms with van der Waals surface area (Å²) in [6, 6.07) is 1.01. The first-order chi connectivity index (χ1) is 6.06. The number of aromatic nitrogens is 1. The molecule has 0 saturated carbocycles. The molecule has 1 rings (SSSR count). The second-order valence-corrected chi connectivity index (χ2v) is 3.07. The van der Waals surface area contributed by atoms with E-state index in [1.54, 1.807) is 0 Å². The normalized spacial score (nSPS) is 10.9. The van der Waals surface area contributed by atoms with Crippen molar-refractivity contribution in [2.24, 2.45) is 5.73 Å². The van der Waals surface area contributed by atoms with E-state index in [2.05, 4.69) is 20.9 Å². The van der Waals surface area contributed by atoms with Gasteiger partial charge in [0.2, 0.25) is 5.95 Å². The molecule has 72 valence electrons. The van der Waals surface area contributed by atoms with Crippen LogP contribution in [0.1, 0.15) is 17.6 Å². The second-order valence-electron chi connectivity index (χ2n) is 2.32.